The van der Waals surface area contributed by atoms with Gasteiger partial charge in [0.25, 0.3) is 0 Å². The Labute approximate surface area is 149 Å². The fourth-order valence-electron chi connectivity index (χ4n) is 3.15. The summed E-state index contributed by atoms with van der Waals surface area (Å²) in [6, 6.07) is 6.65. The van der Waals surface area contributed by atoms with Crippen LogP contribution in [0, 0.1) is 17.2 Å². The number of nitrogens with two attached hydrogens (primary N) is 1. The van der Waals surface area contributed by atoms with Gasteiger partial charge in [0.1, 0.15) is 0 Å². The predicted octanol–water partition coefficient (Wildman–Crippen LogP) is 3.58. The normalized spacial score (nSPS) is 20.5. The van der Waals surface area contributed by atoms with E-state index in [1.54, 1.807) is 25.1 Å². The van der Waals surface area contributed by atoms with E-state index in [-0.39, 0.29) is 40.4 Å². The van der Waals surface area contributed by atoms with Gasteiger partial charge in [0, 0.05) is 17.5 Å². The number of alkyl halides is 2. The van der Waals surface area contributed by atoms with Crippen LogP contribution < -0.4 is 11.1 Å². The number of nitriles is 1. The Morgan fingerprint density at radius 3 is 2.88 bits per heavy atom. The minimum absolute atomic E-state index is 0.00623. The first-order valence-electron chi connectivity index (χ1n) is 8.39. The molecule has 0 unspecified atom stereocenters. The van der Waals surface area contributed by atoms with E-state index >= 15 is 0 Å². The van der Waals surface area contributed by atoms with E-state index in [0.29, 0.717) is 17.5 Å². The predicted molar refractivity (Wildman–Crippen MR) is 92.2 cm³/mol. The van der Waals surface area contributed by atoms with Crippen molar-refractivity contribution < 1.29 is 13.6 Å². The van der Waals surface area contributed by atoms with Crippen molar-refractivity contribution in [3.63, 3.8) is 0 Å². The molecule has 8 heteroatoms. The van der Waals surface area contributed by atoms with E-state index in [1.807, 2.05) is 6.07 Å². The molecule has 1 aliphatic heterocycles. The molecular weight excluding hydrogens is 340 g/mol. The Morgan fingerprint density at radius 1 is 1.42 bits per heavy atom. The number of halogens is 2. The van der Waals surface area contributed by atoms with E-state index in [9.17, 15) is 18.8 Å². The molecule has 2 heterocycles. The summed E-state index contributed by atoms with van der Waals surface area (Å²) in [4.78, 5) is 12.4. The number of nitrogens with zero attached hydrogens (tertiary/aromatic N) is 3. The average molecular weight is 359 g/mol. The molecule has 2 bridgehead atoms. The Balaban J connectivity index is 2.25. The van der Waals surface area contributed by atoms with Crippen LogP contribution in [0.15, 0.2) is 24.4 Å². The van der Waals surface area contributed by atoms with Crippen molar-refractivity contribution in [3.8, 4) is 17.3 Å². The van der Waals surface area contributed by atoms with Gasteiger partial charge in [-0.15, -0.1) is 0 Å². The molecule has 2 atom stereocenters. The molecule has 0 fully saturated rings. The molecule has 26 heavy (non-hydrogen) atoms. The summed E-state index contributed by atoms with van der Waals surface area (Å²) in [7, 11) is 0. The molecule has 3 rings (SSSR count). The molecule has 2 aromatic rings. The van der Waals surface area contributed by atoms with Gasteiger partial charge in [-0.2, -0.15) is 19.1 Å². The number of rotatable bonds is 1. The summed E-state index contributed by atoms with van der Waals surface area (Å²) < 4.78 is 27.5. The minimum Gasteiger partial charge on any atom is -0.324 e. The molecule has 136 valence electrons. The zero-order valence-electron chi connectivity index (χ0n) is 14.2. The number of benzene rings is 1. The molecule has 1 aromatic heterocycles. The summed E-state index contributed by atoms with van der Waals surface area (Å²) in [6.07, 6.45) is 3.24. The highest BCUT2D eigenvalue weighted by Gasteiger charge is 2.25. The SMILES string of the molecule is C[C@@H]1CCC[C@H](N)c2ccc(C#N)c(c2)-c2c(cnn2C(F)F)NC1=O. The summed E-state index contributed by atoms with van der Waals surface area (Å²) in [5, 5.41) is 15.8. The zero-order valence-corrected chi connectivity index (χ0v) is 14.2. The van der Waals surface area contributed by atoms with Crippen molar-refractivity contribution in [1.82, 2.24) is 9.78 Å². The number of amides is 1. The maximum atomic E-state index is 13.5. The lowest BCUT2D eigenvalue weighted by atomic mass is 9.93. The van der Waals surface area contributed by atoms with Crippen LogP contribution in [0.4, 0.5) is 14.5 Å². The second-order valence-electron chi connectivity index (χ2n) is 6.47. The van der Waals surface area contributed by atoms with Crippen molar-refractivity contribution >= 4 is 11.6 Å². The topological polar surface area (TPSA) is 96.7 Å². The minimum atomic E-state index is -2.91. The first-order chi connectivity index (χ1) is 12.4. The number of anilines is 1. The number of carbonyl (C=O) groups excluding carboxylic acids is 1. The Kier molecular flexibility index (Phi) is 5.00. The molecule has 1 aliphatic rings. The number of fused-ring (bicyclic) bond motifs is 4. The molecule has 0 saturated carbocycles. The van der Waals surface area contributed by atoms with Crippen LogP contribution in [0.25, 0.3) is 11.3 Å². The van der Waals surface area contributed by atoms with Crippen LogP contribution in [0.3, 0.4) is 0 Å². The van der Waals surface area contributed by atoms with Gasteiger partial charge in [0.05, 0.1) is 29.2 Å². The van der Waals surface area contributed by atoms with Crippen LogP contribution in [0.5, 0.6) is 0 Å². The van der Waals surface area contributed by atoms with Crippen LogP contribution >= 0.6 is 0 Å². The Morgan fingerprint density at radius 2 is 2.19 bits per heavy atom. The quantitative estimate of drug-likeness (QED) is 0.813. The largest absolute Gasteiger partial charge is 0.333 e. The van der Waals surface area contributed by atoms with Gasteiger partial charge in [-0.3, -0.25) is 4.79 Å². The highest BCUT2D eigenvalue weighted by atomic mass is 19.3. The highest BCUT2D eigenvalue weighted by Crippen LogP contribution is 2.36. The summed E-state index contributed by atoms with van der Waals surface area (Å²) in [6.45, 7) is -1.13. The standard InChI is InChI=1S/C18H19F2N5O/c1-10-3-2-4-14(22)11-5-6-12(8-21)13(7-11)16-15(24-17(10)26)9-23-25(16)18(19)20/h5-7,9-10,14,18H,2-4,22H2,1H3,(H,24,26)/t10-,14+/m1/s1. The van der Waals surface area contributed by atoms with Crippen LogP contribution in [0.2, 0.25) is 0 Å². The number of hydrogen-bond donors (Lipinski definition) is 2. The Bertz CT molecular complexity index is 871. The van der Waals surface area contributed by atoms with E-state index in [4.69, 9.17) is 5.73 Å². The van der Waals surface area contributed by atoms with Crippen LogP contribution in [-0.4, -0.2) is 15.7 Å². The third kappa shape index (κ3) is 3.30. The fourth-order valence-corrected chi connectivity index (χ4v) is 3.15. The molecule has 0 saturated heterocycles. The molecule has 0 aliphatic carbocycles. The van der Waals surface area contributed by atoms with Gasteiger partial charge < -0.3 is 11.1 Å². The summed E-state index contributed by atoms with van der Waals surface area (Å²) in [5.41, 5.74) is 7.64. The van der Waals surface area contributed by atoms with Gasteiger partial charge in [0.15, 0.2) is 0 Å². The number of nitrogens with one attached hydrogen (secondary N) is 1. The van der Waals surface area contributed by atoms with Crippen molar-refractivity contribution in [1.29, 1.82) is 5.26 Å². The molecule has 3 N–H and O–H groups in total. The molecule has 0 spiro atoms. The maximum absolute atomic E-state index is 13.5. The maximum Gasteiger partial charge on any atom is 0.333 e. The molecule has 6 nitrogen and oxygen atoms in total. The molecule has 0 radical (unpaired) electrons. The lowest BCUT2D eigenvalue weighted by Gasteiger charge is -2.19. The van der Waals surface area contributed by atoms with Gasteiger partial charge >= 0.3 is 6.55 Å². The fraction of sp³-hybridized carbons (Fsp3) is 0.389. The van der Waals surface area contributed by atoms with Crippen molar-refractivity contribution in [2.24, 2.45) is 11.7 Å². The number of hydrogen-bond acceptors (Lipinski definition) is 4. The summed E-state index contributed by atoms with van der Waals surface area (Å²) >= 11 is 0. The van der Waals surface area contributed by atoms with E-state index in [0.717, 1.165) is 12.0 Å². The van der Waals surface area contributed by atoms with Gasteiger partial charge in [0.2, 0.25) is 5.91 Å². The van der Waals surface area contributed by atoms with Gasteiger partial charge in [-0.1, -0.05) is 19.4 Å². The summed E-state index contributed by atoms with van der Waals surface area (Å²) in [5.74, 6) is -0.568. The first-order valence-corrected chi connectivity index (χ1v) is 8.39. The molecule has 1 aromatic carbocycles. The van der Waals surface area contributed by atoms with Crippen molar-refractivity contribution in [2.45, 2.75) is 38.8 Å². The van der Waals surface area contributed by atoms with E-state index < -0.39 is 6.55 Å². The third-order valence-electron chi connectivity index (χ3n) is 4.69. The van der Waals surface area contributed by atoms with Crippen molar-refractivity contribution in [2.75, 3.05) is 5.32 Å². The number of aromatic nitrogens is 2. The second kappa shape index (κ2) is 7.22. The Hall–Kier alpha value is -2.79. The molecular formula is C18H19F2N5O. The monoisotopic (exact) mass is 359 g/mol. The number of carbonyl (C=O) groups is 1. The van der Waals surface area contributed by atoms with E-state index in [2.05, 4.69) is 10.4 Å². The molecule has 1 amide bonds. The first kappa shape index (κ1) is 18.0. The smallest absolute Gasteiger partial charge is 0.324 e. The van der Waals surface area contributed by atoms with Gasteiger partial charge in [-0.05, 0) is 30.5 Å². The third-order valence-corrected chi connectivity index (χ3v) is 4.69. The second-order valence-corrected chi connectivity index (χ2v) is 6.47. The van der Waals surface area contributed by atoms with Crippen molar-refractivity contribution in [3.05, 3.63) is 35.5 Å². The van der Waals surface area contributed by atoms with E-state index in [1.165, 1.54) is 6.20 Å². The average Bonchev–Trinajstić information content (AvgIpc) is 3.03. The highest BCUT2D eigenvalue weighted by molar-refractivity contribution is 5.96. The zero-order chi connectivity index (χ0) is 18.8. The van der Waals surface area contributed by atoms with Crippen LogP contribution in [0.1, 0.15) is 49.9 Å². The van der Waals surface area contributed by atoms with Gasteiger partial charge in [-0.25, -0.2) is 4.68 Å². The van der Waals surface area contributed by atoms with Crippen LogP contribution in [-0.2, 0) is 4.79 Å². The lowest BCUT2D eigenvalue weighted by Crippen LogP contribution is -2.22. The lowest BCUT2D eigenvalue weighted by molar-refractivity contribution is -0.119.